The molecule has 1 heterocycles. The van der Waals surface area contributed by atoms with Gasteiger partial charge in [-0.05, 0) is 41.4 Å². The SMILES string of the molecule is CC(CNc1cnn(CCN(C)C)c(=O)c1Br)C(C)(C)C. The maximum atomic E-state index is 12.2. The quantitative estimate of drug-likeness (QED) is 0.849. The van der Waals surface area contributed by atoms with Crippen LogP contribution in [-0.4, -0.2) is 41.9 Å². The Hall–Kier alpha value is -0.880. The maximum absolute atomic E-state index is 12.2. The van der Waals surface area contributed by atoms with Crippen LogP contribution < -0.4 is 10.9 Å². The second-order valence-electron chi connectivity index (χ2n) is 6.85. The molecule has 0 aliphatic carbocycles. The van der Waals surface area contributed by atoms with Crippen LogP contribution in [0.15, 0.2) is 15.5 Å². The molecule has 1 aromatic heterocycles. The number of hydrogen-bond acceptors (Lipinski definition) is 4. The van der Waals surface area contributed by atoms with Crippen LogP contribution >= 0.6 is 15.9 Å². The molecule has 1 N–H and O–H groups in total. The zero-order valence-corrected chi connectivity index (χ0v) is 15.5. The molecule has 1 rings (SSSR count). The minimum Gasteiger partial charge on any atom is -0.382 e. The largest absolute Gasteiger partial charge is 0.382 e. The average Bonchev–Trinajstić information content (AvgIpc) is 2.37. The standard InChI is InChI=1S/C15H27BrN4O/c1-11(15(2,3)4)9-17-12-10-18-20(8-7-19(5)6)14(21)13(12)16/h10-11,17H,7-9H2,1-6H3. The van der Waals surface area contributed by atoms with Crippen molar-refractivity contribution in [1.29, 1.82) is 0 Å². The number of nitrogens with zero attached hydrogens (tertiary/aromatic N) is 3. The molecular formula is C15H27BrN4O. The number of aromatic nitrogens is 2. The maximum Gasteiger partial charge on any atom is 0.283 e. The molecule has 0 fully saturated rings. The van der Waals surface area contributed by atoms with E-state index in [0.717, 1.165) is 18.8 Å². The molecule has 5 nitrogen and oxygen atoms in total. The Bertz CT molecular complexity index is 519. The summed E-state index contributed by atoms with van der Waals surface area (Å²) in [5.74, 6) is 0.487. The van der Waals surface area contributed by atoms with Crippen molar-refractivity contribution in [3.05, 3.63) is 21.0 Å². The van der Waals surface area contributed by atoms with Crippen LogP contribution in [0.25, 0.3) is 0 Å². The summed E-state index contributed by atoms with van der Waals surface area (Å²) in [5.41, 5.74) is 0.899. The van der Waals surface area contributed by atoms with Gasteiger partial charge < -0.3 is 10.2 Å². The lowest BCUT2D eigenvalue weighted by Gasteiger charge is -2.27. The Morgan fingerprint density at radius 1 is 1.43 bits per heavy atom. The Morgan fingerprint density at radius 2 is 2.05 bits per heavy atom. The molecule has 0 aliphatic rings. The van der Waals surface area contributed by atoms with E-state index in [0.29, 0.717) is 16.9 Å². The van der Waals surface area contributed by atoms with Gasteiger partial charge in [0.1, 0.15) is 4.47 Å². The van der Waals surface area contributed by atoms with E-state index in [2.05, 4.69) is 54.0 Å². The highest BCUT2D eigenvalue weighted by molar-refractivity contribution is 9.10. The van der Waals surface area contributed by atoms with E-state index < -0.39 is 0 Å². The average molecular weight is 359 g/mol. The molecule has 120 valence electrons. The minimum atomic E-state index is -0.0924. The fourth-order valence-electron chi connectivity index (χ4n) is 1.61. The van der Waals surface area contributed by atoms with E-state index in [9.17, 15) is 4.79 Å². The van der Waals surface area contributed by atoms with Crippen molar-refractivity contribution in [2.75, 3.05) is 32.5 Å². The second kappa shape index (κ2) is 7.40. The van der Waals surface area contributed by atoms with Crippen molar-refractivity contribution >= 4 is 21.6 Å². The number of halogens is 1. The van der Waals surface area contributed by atoms with Crippen molar-refractivity contribution in [2.45, 2.75) is 34.2 Å². The van der Waals surface area contributed by atoms with Gasteiger partial charge in [0.2, 0.25) is 0 Å². The third-order valence-corrected chi connectivity index (χ3v) is 4.59. The first kappa shape index (κ1) is 18.2. The summed E-state index contributed by atoms with van der Waals surface area (Å²) in [4.78, 5) is 14.3. The van der Waals surface area contributed by atoms with Gasteiger partial charge >= 0.3 is 0 Å². The Labute approximate surface area is 135 Å². The number of hydrogen-bond donors (Lipinski definition) is 1. The molecule has 1 unspecified atom stereocenters. The van der Waals surface area contributed by atoms with Gasteiger partial charge in [0.25, 0.3) is 5.56 Å². The van der Waals surface area contributed by atoms with Crippen molar-refractivity contribution in [1.82, 2.24) is 14.7 Å². The van der Waals surface area contributed by atoms with Gasteiger partial charge in [-0.1, -0.05) is 27.7 Å². The molecule has 0 bridgehead atoms. The molecule has 0 spiro atoms. The van der Waals surface area contributed by atoms with Crippen molar-refractivity contribution in [3.63, 3.8) is 0 Å². The summed E-state index contributed by atoms with van der Waals surface area (Å²) in [5, 5.41) is 7.56. The van der Waals surface area contributed by atoms with E-state index in [-0.39, 0.29) is 11.0 Å². The zero-order chi connectivity index (χ0) is 16.2. The third-order valence-electron chi connectivity index (χ3n) is 3.82. The molecule has 21 heavy (non-hydrogen) atoms. The van der Waals surface area contributed by atoms with Crippen LogP contribution in [0.2, 0.25) is 0 Å². The monoisotopic (exact) mass is 358 g/mol. The highest BCUT2D eigenvalue weighted by atomic mass is 79.9. The molecule has 0 aliphatic heterocycles. The molecule has 0 amide bonds. The summed E-state index contributed by atoms with van der Waals surface area (Å²) in [6, 6.07) is 0. The number of nitrogens with one attached hydrogen (secondary N) is 1. The lowest BCUT2D eigenvalue weighted by atomic mass is 9.82. The number of likely N-dealkylation sites (N-methyl/N-ethyl adjacent to an activating group) is 1. The van der Waals surface area contributed by atoms with E-state index in [1.165, 1.54) is 4.68 Å². The normalized spacial score (nSPS) is 13.5. The van der Waals surface area contributed by atoms with Crippen LogP contribution in [0.5, 0.6) is 0 Å². The third kappa shape index (κ3) is 5.43. The van der Waals surface area contributed by atoms with Gasteiger partial charge in [-0.2, -0.15) is 5.10 Å². The predicted octanol–water partition coefficient (Wildman–Crippen LogP) is 2.66. The topological polar surface area (TPSA) is 50.2 Å². The molecule has 0 aromatic carbocycles. The molecule has 6 heteroatoms. The van der Waals surface area contributed by atoms with E-state index in [4.69, 9.17) is 0 Å². The zero-order valence-electron chi connectivity index (χ0n) is 13.9. The summed E-state index contributed by atoms with van der Waals surface area (Å²) in [7, 11) is 3.95. The van der Waals surface area contributed by atoms with Gasteiger partial charge in [0.05, 0.1) is 18.4 Å². The summed E-state index contributed by atoms with van der Waals surface area (Å²) >= 11 is 3.39. The lowest BCUT2D eigenvalue weighted by molar-refractivity contribution is 0.274. The Kier molecular flexibility index (Phi) is 6.41. The van der Waals surface area contributed by atoms with Crippen LogP contribution in [-0.2, 0) is 6.54 Å². The molecule has 0 saturated heterocycles. The van der Waals surface area contributed by atoms with Gasteiger partial charge in [-0.25, -0.2) is 4.68 Å². The van der Waals surface area contributed by atoms with Gasteiger partial charge in [0, 0.05) is 13.1 Å². The van der Waals surface area contributed by atoms with Gasteiger partial charge in [-0.3, -0.25) is 4.79 Å². The van der Waals surface area contributed by atoms with Gasteiger partial charge in [0.15, 0.2) is 0 Å². The van der Waals surface area contributed by atoms with Crippen molar-refractivity contribution < 1.29 is 0 Å². The number of rotatable bonds is 6. The highest BCUT2D eigenvalue weighted by Gasteiger charge is 2.20. The fraction of sp³-hybridized carbons (Fsp3) is 0.733. The van der Waals surface area contributed by atoms with Crippen LogP contribution in [0.1, 0.15) is 27.7 Å². The van der Waals surface area contributed by atoms with Crippen LogP contribution in [0.4, 0.5) is 5.69 Å². The smallest absolute Gasteiger partial charge is 0.283 e. The van der Waals surface area contributed by atoms with E-state index in [1.54, 1.807) is 6.20 Å². The number of anilines is 1. The second-order valence-corrected chi connectivity index (χ2v) is 7.64. The van der Waals surface area contributed by atoms with Gasteiger partial charge in [-0.15, -0.1) is 0 Å². The van der Waals surface area contributed by atoms with Crippen molar-refractivity contribution in [3.8, 4) is 0 Å². The molecule has 0 saturated carbocycles. The molecule has 1 aromatic rings. The lowest BCUT2D eigenvalue weighted by Crippen LogP contribution is -2.30. The van der Waals surface area contributed by atoms with Crippen LogP contribution in [0.3, 0.4) is 0 Å². The minimum absolute atomic E-state index is 0.0924. The summed E-state index contributed by atoms with van der Waals surface area (Å²) < 4.78 is 2.04. The van der Waals surface area contributed by atoms with Crippen molar-refractivity contribution in [2.24, 2.45) is 11.3 Å². The summed E-state index contributed by atoms with van der Waals surface area (Å²) in [6.45, 7) is 11.0. The first-order valence-electron chi connectivity index (χ1n) is 7.27. The van der Waals surface area contributed by atoms with Crippen LogP contribution in [0, 0.1) is 11.3 Å². The molecular weight excluding hydrogens is 332 g/mol. The first-order valence-corrected chi connectivity index (χ1v) is 8.06. The summed E-state index contributed by atoms with van der Waals surface area (Å²) in [6.07, 6.45) is 1.72. The fourth-order valence-corrected chi connectivity index (χ4v) is 2.06. The Balaban J connectivity index is 2.78. The Morgan fingerprint density at radius 3 is 2.57 bits per heavy atom. The van der Waals surface area contributed by atoms with E-state index >= 15 is 0 Å². The first-order chi connectivity index (χ1) is 9.62. The predicted molar refractivity (Wildman–Crippen MR) is 91.9 cm³/mol. The molecule has 1 atom stereocenters. The highest BCUT2D eigenvalue weighted by Crippen LogP contribution is 2.26. The molecule has 0 radical (unpaired) electrons. The van der Waals surface area contributed by atoms with E-state index in [1.807, 2.05) is 19.0 Å².